The fraction of sp³-hybridized carbons (Fsp3) is 0.917. The Morgan fingerprint density at radius 3 is 2.56 bits per heavy atom. The van der Waals surface area contributed by atoms with Crippen molar-refractivity contribution in [2.75, 3.05) is 13.1 Å². The van der Waals surface area contributed by atoms with Crippen LogP contribution in [0, 0.1) is 5.92 Å². The second kappa shape index (κ2) is 5.15. The molecule has 1 aliphatic rings. The number of aliphatic hydroxyl groups is 1. The van der Waals surface area contributed by atoms with Gasteiger partial charge in [0.2, 0.25) is 0 Å². The number of piperidine rings is 1. The molecular weight excluding hydrogens is 206 g/mol. The van der Waals surface area contributed by atoms with E-state index < -0.39 is 11.6 Å². The van der Waals surface area contributed by atoms with Crippen LogP contribution in [-0.4, -0.2) is 45.8 Å². The first-order chi connectivity index (χ1) is 7.29. The fourth-order valence-corrected chi connectivity index (χ4v) is 2.19. The van der Waals surface area contributed by atoms with Crippen LogP contribution in [0.3, 0.4) is 0 Å². The predicted molar refractivity (Wildman–Crippen MR) is 62.3 cm³/mol. The van der Waals surface area contributed by atoms with Crippen molar-refractivity contribution in [1.82, 2.24) is 4.90 Å². The van der Waals surface area contributed by atoms with Crippen LogP contribution < -0.4 is 0 Å². The monoisotopic (exact) mass is 229 g/mol. The second-order valence-corrected chi connectivity index (χ2v) is 5.51. The lowest BCUT2D eigenvalue weighted by atomic mass is 9.91. The third-order valence-electron chi connectivity index (χ3n) is 3.37. The van der Waals surface area contributed by atoms with Crippen molar-refractivity contribution >= 4 is 5.97 Å². The number of carboxylic acids is 1. The van der Waals surface area contributed by atoms with Gasteiger partial charge in [-0.15, -0.1) is 0 Å². The summed E-state index contributed by atoms with van der Waals surface area (Å²) in [5.41, 5.74) is -0.636. The molecule has 0 aromatic carbocycles. The minimum Gasteiger partial charge on any atom is -0.481 e. The van der Waals surface area contributed by atoms with Crippen LogP contribution in [0.2, 0.25) is 0 Å². The van der Waals surface area contributed by atoms with E-state index in [4.69, 9.17) is 5.11 Å². The largest absolute Gasteiger partial charge is 0.481 e. The summed E-state index contributed by atoms with van der Waals surface area (Å²) in [5.74, 6) is -0.859. The number of carbonyl (C=O) groups is 1. The lowest BCUT2D eigenvalue weighted by Gasteiger charge is -2.37. The molecule has 4 nitrogen and oxygen atoms in total. The summed E-state index contributed by atoms with van der Waals surface area (Å²) in [7, 11) is 0. The number of hydrogen-bond acceptors (Lipinski definition) is 3. The molecule has 2 N–H and O–H groups in total. The predicted octanol–water partition coefficient (Wildman–Crippen LogP) is 1.33. The van der Waals surface area contributed by atoms with E-state index in [1.54, 1.807) is 0 Å². The SMILES string of the molecule is CC1CC(C(=O)O)CCN1CCC(C)(C)O. The molecule has 1 saturated heterocycles. The molecule has 0 bridgehead atoms. The lowest BCUT2D eigenvalue weighted by molar-refractivity contribution is -0.144. The average Bonchev–Trinajstić information content (AvgIpc) is 2.14. The van der Waals surface area contributed by atoms with Gasteiger partial charge in [0.1, 0.15) is 0 Å². The highest BCUT2D eigenvalue weighted by molar-refractivity contribution is 5.70. The van der Waals surface area contributed by atoms with Gasteiger partial charge in [-0.05, 0) is 46.6 Å². The first kappa shape index (κ1) is 13.5. The van der Waals surface area contributed by atoms with Gasteiger partial charge in [-0.3, -0.25) is 4.79 Å². The maximum atomic E-state index is 10.9. The van der Waals surface area contributed by atoms with Crippen molar-refractivity contribution in [2.24, 2.45) is 5.92 Å². The zero-order valence-electron chi connectivity index (χ0n) is 10.4. The molecule has 0 amide bonds. The quantitative estimate of drug-likeness (QED) is 0.763. The maximum absolute atomic E-state index is 10.9. The van der Waals surface area contributed by atoms with Crippen LogP contribution in [0.25, 0.3) is 0 Å². The molecule has 4 heteroatoms. The summed E-state index contributed by atoms with van der Waals surface area (Å²) in [6, 6.07) is 0.303. The topological polar surface area (TPSA) is 60.8 Å². The van der Waals surface area contributed by atoms with Crippen LogP contribution in [0.1, 0.15) is 40.0 Å². The number of hydrogen-bond donors (Lipinski definition) is 2. The third kappa shape index (κ3) is 4.10. The molecule has 1 fully saturated rings. The Labute approximate surface area is 97.3 Å². The van der Waals surface area contributed by atoms with Crippen LogP contribution in [0.5, 0.6) is 0 Å². The van der Waals surface area contributed by atoms with Gasteiger partial charge in [-0.1, -0.05) is 0 Å². The molecule has 2 unspecified atom stereocenters. The normalized spacial score (nSPS) is 28.0. The number of carboxylic acid groups (broad SMARTS) is 1. The van der Waals surface area contributed by atoms with Crippen molar-refractivity contribution in [3.8, 4) is 0 Å². The Hall–Kier alpha value is -0.610. The number of aliphatic carboxylic acids is 1. The lowest BCUT2D eigenvalue weighted by Crippen LogP contribution is -2.44. The van der Waals surface area contributed by atoms with Crippen molar-refractivity contribution in [1.29, 1.82) is 0 Å². The molecule has 0 aromatic rings. The van der Waals surface area contributed by atoms with Crippen LogP contribution in [0.15, 0.2) is 0 Å². The zero-order valence-corrected chi connectivity index (χ0v) is 10.4. The summed E-state index contributed by atoms with van der Waals surface area (Å²) < 4.78 is 0. The van der Waals surface area contributed by atoms with Gasteiger partial charge in [0.25, 0.3) is 0 Å². The number of rotatable bonds is 4. The van der Waals surface area contributed by atoms with Gasteiger partial charge in [-0.25, -0.2) is 0 Å². The molecule has 0 spiro atoms. The molecule has 16 heavy (non-hydrogen) atoms. The minimum atomic E-state index is -0.672. The standard InChI is InChI=1S/C12H23NO3/c1-9-8-10(11(14)15)4-6-13(9)7-5-12(2,3)16/h9-10,16H,4-8H2,1-3H3,(H,14,15). The highest BCUT2D eigenvalue weighted by Crippen LogP contribution is 2.24. The summed E-state index contributed by atoms with van der Waals surface area (Å²) >= 11 is 0. The number of likely N-dealkylation sites (tertiary alicyclic amines) is 1. The first-order valence-corrected chi connectivity index (χ1v) is 5.99. The van der Waals surface area contributed by atoms with Crippen molar-refractivity contribution in [3.05, 3.63) is 0 Å². The van der Waals surface area contributed by atoms with E-state index in [0.29, 0.717) is 6.04 Å². The summed E-state index contributed by atoms with van der Waals surface area (Å²) in [6.07, 6.45) is 2.18. The van der Waals surface area contributed by atoms with Gasteiger partial charge in [0, 0.05) is 12.6 Å². The Bertz CT molecular complexity index is 247. The summed E-state index contributed by atoms with van der Waals surface area (Å²) in [4.78, 5) is 13.1. The second-order valence-electron chi connectivity index (χ2n) is 5.51. The highest BCUT2D eigenvalue weighted by Gasteiger charge is 2.30. The molecular formula is C12H23NO3. The van der Waals surface area contributed by atoms with Gasteiger partial charge in [-0.2, -0.15) is 0 Å². The highest BCUT2D eigenvalue weighted by atomic mass is 16.4. The number of nitrogens with zero attached hydrogens (tertiary/aromatic N) is 1. The molecule has 0 aromatic heterocycles. The third-order valence-corrected chi connectivity index (χ3v) is 3.37. The molecule has 0 aliphatic carbocycles. The maximum Gasteiger partial charge on any atom is 0.306 e. The molecule has 1 rings (SSSR count). The average molecular weight is 229 g/mol. The Morgan fingerprint density at radius 1 is 1.50 bits per heavy atom. The van der Waals surface area contributed by atoms with Gasteiger partial charge >= 0.3 is 5.97 Å². The van der Waals surface area contributed by atoms with Crippen LogP contribution in [-0.2, 0) is 4.79 Å². The van der Waals surface area contributed by atoms with Crippen LogP contribution in [0.4, 0.5) is 0 Å². The van der Waals surface area contributed by atoms with Crippen molar-refractivity contribution in [2.45, 2.75) is 51.7 Å². The Morgan fingerprint density at radius 2 is 2.12 bits per heavy atom. The molecule has 0 saturated carbocycles. The van der Waals surface area contributed by atoms with Crippen molar-refractivity contribution < 1.29 is 15.0 Å². The molecule has 0 radical (unpaired) electrons. The van der Waals surface area contributed by atoms with E-state index in [2.05, 4.69) is 11.8 Å². The van der Waals surface area contributed by atoms with Crippen LogP contribution >= 0.6 is 0 Å². The Kier molecular flexibility index (Phi) is 4.33. The van der Waals surface area contributed by atoms with E-state index in [-0.39, 0.29) is 5.92 Å². The molecule has 1 aliphatic heterocycles. The Balaban J connectivity index is 2.39. The van der Waals surface area contributed by atoms with Gasteiger partial charge < -0.3 is 15.1 Å². The van der Waals surface area contributed by atoms with E-state index >= 15 is 0 Å². The first-order valence-electron chi connectivity index (χ1n) is 5.99. The summed E-state index contributed by atoms with van der Waals surface area (Å²) in [5, 5.41) is 18.6. The van der Waals surface area contributed by atoms with E-state index in [1.807, 2.05) is 13.8 Å². The smallest absolute Gasteiger partial charge is 0.306 e. The minimum absolute atomic E-state index is 0.187. The van der Waals surface area contributed by atoms with Gasteiger partial charge in [0.15, 0.2) is 0 Å². The van der Waals surface area contributed by atoms with E-state index in [0.717, 1.165) is 32.4 Å². The molecule has 1 heterocycles. The van der Waals surface area contributed by atoms with Gasteiger partial charge in [0.05, 0.1) is 11.5 Å². The van der Waals surface area contributed by atoms with E-state index in [1.165, 1.54) is 0 Å². The fourth-order valence-electron chi connectivity index (χ4n) is 2.19. The van der Waals surface area contributed by atoms with E-state index in [9.17, 15) is 9.90 Å². The molecule has 94 valence electrons. The van der Waals surface area contributed by atoms with Crippen molar-refractivity contribution in [3.63, 3.8) is 0 Å². The molecule has 2 atom stereocenters. The summed E-state index contributed by atoms with van der Waals surface area (Å²) in [6.45, 7) is 7.36. The zero-order chi connectivity index (χ0) is 12.3.